The fourth-order valence-corrected chi connectivity index (χ4v) is 3.18. The van der Waals surface area contributed by atoms with Gasteiger partial charge in [0.25, 0.3) is 0 Å². The first kappa shape index (κ1) is 10.3. The van der Waals surface area contributed by atoms with Gasteiger partial charge in [0.2, 0.25) is 0 Å². The molecule has 1 saturated carbocycles. The van der Waals surface area contributed by atoms with Crippen LogP contribution in [0, 0.1) is 6.92 Å². The van der Waals surface area contributed by atoms with Gasteiger partial charge in [-0.1, -0.05) is 12.8 Å². The molecule has 2 heterocycles. The Kier molecular flexibility index (Phi) is 2.51. The van der Waals surface area contributed by atoms with E-state index in [0.717, 1.165) is 12.2 Å². The van der Waals surface area contributed by atoms with Crippen LogP contribution in [0.3, 0.4) is 0 Å². The number of aromatic nitrogens is 2. The first-order valence-corrected chi connectivity index (χ1v) is 6.44. The number of aryl methyl sites for hydroxylation is 1. The smallest absolute Gasteiger partial charge is 0.0779 e. The highest BCUT2D eigenvalue weighted by Gasteiger charge is 2.42. The van der Waals surface area contributed by atoms with E-state index in [-0.39, 0.29) is 5.60 Å². The summed E-state index contributed by atoms with van der Waals surface area (Å²) in [6.07, 6.45) is 10.2. The van der Waals surface area contributed by atoms with Crippen LogP contribution in [-0.4, -0.2) is 21.5 Å². The molecule has 1 atom stereocenters. The zero-order valence-corrected chi connectivity index (χ0v) is 9.98. The average molecular weight is 220 g/mol. The largest absolute Gasteiger partial charge is 0.370 e. The summed E-state index contributed by atoms with van der Waals surface area (Å²) < 4.78 is 8.28. The van der Waals surface area contributed by atoms with Gasteiger partial charge < -0.3 is 4.74 Å². The van der Waals surface area contributed by atoms with Crippen LogP contribution in [0.25, 0.3) is 0 Å². The highest BCUT2D eigenvalue weighted by Crippen LogP contribution is 2.43. The number of hydrogen-bond donors (Lipinski definition) is 0. The van der Waals surface area contributed by atoms with Crippen LogP contribution in [0.5, 0.6) is 0 Å². The minimum Gasteiger partial charge on any atom is -0.370 e. The summed E-state index contributed by atoms with van der Waals surface area (Å²) in [5.41, 5.74) is 1.35. The van der Waals surface area contributed by atoms with Crippen molar-refractivity contribution in [2.75, 3.05) is 0 Å². The summed E-state index contributed by atoms with van der Waals surface area (Å²) in [6.45, 7) is 2.96. The lowest BCUT2D eigenvalue weighted by Gasteiger charge is -2.23. The first-order valence-electron chi connectivity index (χ1n) is 6.44. The van der Waals surface area contributed by atoms with Crippen LogP contribution in [-0.2, 0) is 11.3 Å². The number of ether oxygens (including phenoxy) is 1. The lowest BCUT2D eigenvalue weighted by atomic mass is 9.98. The Morgan fingerprint density at radius 2 is 2.25 bits per heavy atom. The third kappa shape index (κ3) is 1.88. The van der Waals surface area contributed by atoms with Gasteiger partial charge in [-0.25, -0.2) is 0 Å². The highest BCUT2D eigenvalue weighted by molar-refractivity contribution is 4.96. The molecule has 3 heteroatoms. The Balaban J connectivity index is 1.61. The predicted octanol–water partition coefficient (Wildman–Crippen LogP) is 2.68. The Morgan fingerprint density at radius 3 is 2.94 bits per heavy atom. The normalized spacial score (nSPS) is 27.9. The molecular weight excluding hydrogens is 200 g/mol. The van der Waals surface area contributed by atoms with Gasteiger partial charge in [-0.3, -0.25) is 4.68 Å². The van der Waals surface area contributed by atoms with E-state index >= 15 is 0 Å². The first-order chi connectivity index (χ1) is 7.76. The highest BCUT2D eigenvalue weighted by atomic mass is 16.5. The van der Waals surface area contributed by atoms with Gasteiger partial charge in [0.05, 0.1) is 23.9 Å². The van der Waals surface area contributed by atoms with E-state index in [1.54, 1.807) is 0 Å². The Bertz CT molecular complexity index is 366. The van der Waals surface area contributed by atoms with Gasteiger partial charge in [-0.05, 0) is 38.7 Å². The molecular formula is C13H20N2O. The molecule has 0 N–H and O–H groups in total. The van der Waals surface area contributed by atoms with Crippen molar-refractivity contribution in [1.29, 1.82) is 0 Å². The lowest BCUT2D eigenvalue weighted by molar-refractivity contribution is -0.0429. The summed E-state index contributed by atoms with van der Waals surface area (Å²) in [4.78, 5) is 0. The monoisotopic (exact) mass is 220 g/mol. The predicted molar refractivity (Wildman–Crippen MR) is 62.3 cm³/mol. The van der Waals surface area contributed by atoms with Crippen molar-refractivity contribution in [3.05, 3.63) is 18.0 Å². The summed E-state index contributed by atoms with van der Waals surface area (Å²) in [6, 6.07) is 2.06. The van der Waals surface area contributed by atoms with Crippen LogP contribution < -0.4 is 0 Å². The molecule has 1 aromatic heterocycles. The molecule has 3 rings (SSSR count). The third-order valence-electron chi connectivity index (χ3n) is 4.02. The van der Waals surface area contributed by atoms with Gasteiger partial charge in [0.1, 0.15) is 0 Å². The van der Waals surface area contributed by atoms with E-state index in [0.29, 0.717) is 6.10 Å². The molecule has 1 aromatic rings. The zero-order valence-electron chi connectivity index (χ0n) is 9.98. The van der Waals surface area contributed by atoms with E-state index in [1.165, 1.54) is 38.5 Å². The van der Waals surface area contributed by atoms with Crippen molar-refractivity contribution < 1.29 is 4.74 Å². The van der Waals surface area contributed by atoms with E-state index in [4.69, 9.17) is 4.74 Å². The van der Waals surface area contributed by atoms with Gasteiger partial charge >= 0.3 is 0 Å². The lowest BCUT2D eigenvalue weighted by Crippen LogP contribution is -2.26. The van der Waals surface area contributed by atoms with E-state index < -0.39 is 0 Å². The van der Waals surface area contributed by atoms with Crippen molar-refractivity contribution in [2.24, 2.45) is 0 Å². The van der Waals surface area contributed by atoms with Crippen LogP contribution in [0.1, 0.15) is 44.2 Å². The van der Waals surface area contributed by atoms with Crippen molar-refractivity contribution >= 4 is 0 Å². The van der Waals surface area contributed by atoms with Gasteiger partial charge in [0, 0.05) is 6.20 Å². The van der Waals surface area contributed by atoms with Crippen molar-refractivity contribution in [1.82, 2.24) is 9.78 Å². The molecule has 1 spiro atoms. The maximum atomic E-state index is 6.26. The molecule has 88 valence electrons. The SMILES string of the molecule is Cc1ccn(CC2CCC3(CCCC3)O2)n1. The summed E-state index contributed by atoms with van der Waals surface area (Å²) in [5, 5.41) is 4.43. The second-order valence-electron chi connectivity index (χ2n) is 5.35. The second kappa shape index (κ2) is 3.88. The molecule has 0 amide bonds. The topological polar surface area (TPSA) is 27.1 Å². The molecule has 16 heavy (non-hydrogen) atoms. The average Bonchev–Trinajstić information content (AvgIpc) is 2.94. The van der Waals surface area contributed by atoms with Crippen LogP contribution in [0.2, 0.25) is 0 Å². The summed E-state index contributed by atoms with van der Waals surface area (Å²) in [7, 11) is 0. The van der Waals surface area contributed by atoms with Gasteiger partial charge in [0.15, 0.2) is 0 Å². The minimum atomic E-state index is 0.257. The standard InChI is InChI=1S/C13H20N2O/c1-11-5-9-15(14-11)10-12-4-8-13(16-12)6-2-3-7-13/h5,9,12H,2-4,6-8,10H2,1H3. The molecule has 0 bridgehead atoms. The third-order valence-corrected chi connectivity index (χ3v) is 4.02. The van der Waals surface area contributed by atoms with E-state index in [2.05, 4.69) is 17.4 Å². The maximum absolute atomic E-state index is 6.26. The summed E-state index contributed by atoms with van der Waals surface area (Å²) >= 11 is 0. The Hall–Kier alpha value is -0.830. The van der Waals surface area contributed by atoms with Gasteiger partial charge in [-0.2, -0.15) is 5.10 Å². The zero-order chi connectivity index (χ0) is 11.0. The van der Waals surface area contributed by atoms with Crippen molar-refractivity contribution in [3.8, 4) is 0 Å². The molecule has 0 aromatic carbocycles. The fourth-order valence-electron chi connectivity index (χ4n) is 3.18. The van der Waals surface area contributed by atoms with E-state index in [9.17, 15) is 0 Å². The molecule has 0 radical (unpaired) electrons. The van der Waals surface area contributed by atoms with E-state index in [1.807, 2.05) is 11.6 Å². The molecule has 3 nitrogen and oxygen atoms in total. The van der Waals surface area contributed by atoms with Gasteiger partial charge in [-0.15, -0.1) is 0 Å². The quantitative estimate of drug-likeness (QED) is 0.766. The minimum absolute atomic E-state index is 0.257. The van der Waals surface area contributed by atoms with Crippen LogP contribution >= 0.6 is 0 Å². The fraction of sp³-hybridized carbons (Fsp3) is 0.769. The Labute approximate surface area is 96.8 Å². The van der Waals surface area contributed by atoms with Crippen molar-refractivity contribution in [2.45, 2.75) is 63.7 Å². The molecule has 2 fully saturated rings. The number of rotatable bonds is 2. The Morgan fingerprint density at radius 1 is 1.44 bits per heavy atom. The molecule has 1 aliphatic heterocycles. The molecule has 1 unspecified atom stereocenters. The van der Waals surface area contributed by atoms with Crippen LogP contribution in [0.15, 0.2) is 12.3 Å². The van der Waals surface area contributed by atoms with Crippen molar-refractivity contribution in [3.63, 3.8) is 0 Å². The van der Waals surface area contributed by atoms with Crippen LogP contribution in [0.4, 0.5) is 0 Å². The molecule has 1 saturated heterocycles. The maximum Gasteiger partial charge on any atom is 0.0779 e. The number of hydrogen-bond acceptors (Lipinski definition) is 2. The molecule has 2 aliphatic rings. The number of nitrogens with zero attached hydrogens (tertiary/aromatic N) is 2. The summed E-state index contributed by atoms with van der Waals surface area (Å²) in [5.74, 6) is 0. The second-order valence-corrected chi connectivity index (χ2v) is 5.35. The molecule has 1 aliphatic carbocycles.